The summed E-state index contributed by atoms with van der Waals surface area (Å²) in [5.41, 5.74) is 15.4. The average molecular weight is 794 g/mol. The van der Waals surface area contributed by atoms with Crippen LogP contribution >= 0.6 is 11.3 Å². The van der Waals surface area contributed by atoms with Gasteiger partial charge in [0.15, 0.2) is 0 Å². The van der Waals surface area contributed by atoms with Crippen molar-refractivity contribution < 1.29 is 0 Å². The minimum absolute atomic E-state index is 0.510. The topological polar surface area (TPSA) is 3.24 Å². The van der Waals surface area contributed by atoms with Crippen LogP contribution in [0.1, 0.15) is 22.3 Å². The molecular weight excluding hydrogens is 755 g/mol. The zero-order valence-electron chi connectivity index (χ0n) is 33.4. The first-order chi connectivity index (χ1) is 30.3. The number of hydrogen-bond donors (Lipinski definition) is 0. The molecule has 12 rings (SSSR count). The van der Waals surface area contributed by atoms with Crippen LogP contribution < -0.4 is 4.90 Å². The van der Waals surface area contributed by atoms with Crippen LogP contribution in [0.15, 0.2) is 237 Å². The summed E-state index contributed by atoms with van der Waals surface area (Å²) >= 11 is 1.89. The molecular formula is C59H39NS. The molecule has 0 amide bonds. The number of rotatable bonds is 7. The molecule has 0 spiro atoms. The molecule has 0 N–H and O–H groups in total. The number of benzene rings is 10. The van der Waals surface area contributed by atoms with Crippen molar-refractivity contribution >= 4 is 59.3 Å². The summed E-state index contributed by atoms with van der Waals surface area (Å²) in [6.45, 7) is 0. The van der Waals surface area contributed by atoms with Gasteiger partial charge in [-0.3, -0.25) is 0 Å². The standard InChI is InChI=1S/C59H39NS/c1-4-18-42(19-5-1)48-26-15-32-55-56(48)50-27-14-31-54(58(50)61-55)60(47-37-35-41(36-38-47)44-34-33-40-17-10-11-20-43(40)39-44)53-30-16-29-52-57(53)49-25-12-13-28-51(49)59(52,45-21-6-2-7-22-45)46-23-8-3-9-24-46/h1-39H. The lowest BCUT2D eigenvalue weighted by atomic mass is 9.68. The first-order valence-electron chi connectivity index (χ1n) is 21.0. The first-order valence-corrected chi connectivity index (χ1v) is 21.8. The number of anilines is 3. The van der Waals surface area contributed by atoms with E-state index in [0.29, 0.717) is 0 Å². The second kappa shape index (κ2) is 14.3. The Bertz CT molecular complexity index is 3360. The number of hydrogen-bond acceptors (Lipinski definition) is 2. The van der Waals surface area contributed by atoms with Crippen LogP contribution in [0.2, 0.25) is 0 Å². The fraction of sp³-hybridized carbons (Fsp3) is 0.0169. The van der Waals surface area contributed by atoms with Crippen molar-refractivity contribution in [2.24, 2.45) is 0 Å². The van der Waals surface area contributed by atoms with E-state index in [1.165, 1.54) is 92.3 Å². The van der Waals surface area contributed by atoms with E-state index in [1.807, 2.05) is 11.3 Å². The molecule has 1 aliphatic carbocycles. The third-order valence-corrected chi connectivity index (χ3v) is 13.9. The Balaban J connectivity index is 1.13. The van der Waals surface area contributed by atoms with E-state index in [0.717, 1.165) is 11.4 Å². The molecule has 2 heteroatoms. The molecule has 0 atom stereocenters. The summed E-state index contributed by atoms with van der Waals surface area (Å²) in [6.07, 6.45) is 0. The van der Waals surface area contributed by atoms with Gasteiger partial charge in [0, 0.05) is 26.7 Å². The van der Waals surface area contributed by atoms with Crippen LogP contribution in [-0.4, -0.2) is 0 Å². The van der Waals surface area contributed by atoms with Crippen molar-refractivity contribution in [1.82, 2.24) is 0 Å². The summed E-state index contributed by atoms with van der Waals surface area (Å²) in [5.74, 6) is 0. The van der Waals surface area contributed by atoms with Gasteiger partial charge < -0.3 is 4.90 Å². The second-order valence-corrected chi connectivity index (χ2v) is 17.0. The van der Waals surface area contributed by atoms with Crippen molar-refractivity contribution in [2.45, 2.75) is 5.41 Å². The Labute approximate surface area is 360 Å². The van der Waals surface area contributed by atoms with E-state index in [1.54, 1.807) is 0 Å². The van der Waals surface area contributed by atoms with Crippen molar-refractivity contribution in [3.8, 4) is 33.4 Å². The molecule has 286 valence electrons. The van der Waals surface area contributed by atoms with Gasteiger partial charge in [-0.2, -0.15) is 0 Å². The van der Waals surface area contributed by atoms with Gasteiger partial charge in [0.05, 0.1) is 21.5 Å². The van der Waals surface area contributed by atoms with Gasteiger partial charge >= 0.3 is 0 Å². The Morgan fingerprint density at radius 2 is 0.967 bits per heavy atom. The summed E-state index contributed by atoms with van der Waals surface area (Å²) in [5, 5.41) is 5.07. The molecule has 11 aromatic rings. The van der Waals surface area contributed by atoms with E-state index < -0.39 is 5.41 Å². The molecule has 61 heavy (non-hydrogen) atoms. The molecule has 1 aromatic heterocycles. The molecule has 0 aliphatic heterocycles. The van der Waals surface area contributed by atoms with Gasteiger partial charge in [0.2, 0.25) is 0 Å². The third kappa shape index (κ3) is 5.53. The molecule has 0 unspecified atom stereocenters. The number of thiophene rings is 1. The third-order valence-electron chi connectivity index (χ3n) is 12.7. The highest BCUT2D eigenvalue weighted by Gasteiger charge is 2.47. The van der Waals surface area contributed by atoms with Crippen molar-refractivity contribution in [1.29, 1.82) is 0 Å². The molecule has 0 saturated heterocycles. The Morgan fingerprint density at radius 3 is 1.74 bits per heavy atom. The number of nitrogens with zero attached hydrogens (tertiary/aromatic N) is 1. The van der Waals surface area contributed by atoms with Gasteiger partial charge in [-0.25, -0.2) is 0 Å². The molecule has 0 saturated carbocycles. The average Bonchev–Trinajstić information content (AvgIpc) is 3.88. The van der Waals surface area contributed by atoms with Crippen LogP contribution in [0.5, 0.6) is 0 Å². The predicted molar refractivity (Wildman–Crippen MR) is 260 cm³/mol. The van der Waals surface area contributed by atoms with Gasteiger partial charge in [-0.15, -0.1) is 11.3 Å². The lowest BCUT2D eigenvalue weighted by molar-refractivity contribution is 0.768. The van der Waals surface area contributed by atoms with E-state index >= 15 is 0 Å². The molecule has 1 heterocycles. The van der Waals surface area contributed by atoms with E-state index in [-0.39, 0.29) is 0 Å². The Hall–Kier alpha value is -7.52. The Kier molecular flexibility index (Phi) is 8.33. The number of fused-ring (bicyclic) bond motifs is 7. The molecule has 0 fully saturated rings. The van der Waals surface area contributed by atoms with Gasteiger partial charge in [-0.05, 0) is 97.2 Å². The SMILES string of the molecule is c1ccc(-c2cccc3sc4c(N(c5ccc(-c6ccc7ccccc7c6)cc5)c5cccc6c5-c5ccccc5C6(c5ccccc5)c5ccccc5)cccc4c23)cc1. The highest BCUT2D eigenvalue weighted by atomic mass is 32.1. The molecule has 1 nitrogen and oxygen atoms in total. The monoisotopic (exact) mass is 793 g/mol. The predicted octanol–water partition coefficient (Wildman–Crippen LogP) is 16.4. The van der Waals surface area contributed by atoms with Crippen molar-refractivity contribution in [3.05, 3.63) is 259 Å². The maximum atomic E-state index is 2.53. The Morgan fingerprint density at radius 1 is 0.377 bits per heavy atom. The quantitative estimate of drug-likeness (QED) is 0.155. The van der Waals surface area contributed by atoms with Crippen molar-refractivity contribution in [2.75, 3.05) is 4.90 Å². The van der Waals surface area contributed by atoms with E-state index in [9.17, 15) is 0 Å². The van der Waals surface area contributed by atoms with Crippen LogP contribution in [0.3, 0.4) is 0 Å². The largest absolute Gasteiger partial charge is 0.308 e. The minimum atomic E-state index is -0.510. The zero-order chi connectivity index (χ0) is 40.3. The van der Waals surface area contributed by atoms with Crippen LogP contribution in [0.25, 0.3) is 64.3 Å². The van der Waals surface area contributed by atoms with E-state index in [4.69, 9.17) is 0 Å². The van der Waals surface area contributed by atoms with Crippen LogP contribution in [0, 0.1) is 0 Å². The van der Waals surface area contributed by atoms with Gasteiger partial charge in [0.25, 0.3) is 0 Å². The summed E-state index contributed by atoms with van der Waals surface area (Å²) in [7, 11) is 0. The first kappa shape index (κ1) is 35.4. The molecule has 0 radical (unpaired) electrons. The molecule has 0 bridgehead atoms. The summed E-state index contributed by atoms with van der Waals surface area (Å²) in [4.78, 5) is 2.53. The van der Waals surface area contributed by atoms with Crippen LogP contribution in [-0.2, 0) is 5.41 Å². The fourth-order valence-electron chi connectivity index (χ4n) is 10.1. The lowest BCUT2D eigenvalue weighted by Gasteiger charge is -2.34. The zero-order valence-corrected chi connectivity index (χ0v) is 34.2. The summed E-state index contributed by atoms with van der Waals surface area (Å²) in [6, 6.07) is 87.3. The highest BCUT2D eigenvalue weighted by Crippen LogP contribution is 2.60. The highest BCUT2D eigenvalue weighted by molar-refractivity contribution is 7.26. The molecule has 10 aromatic carbocycles. The minimum Gasteiger partial charge on any atom is -0.308 e. The van der Waals surface area contributed by atoms with Crippen molar-refractivity contribution in [3.63, 3.8) is 0 Å². The lowest BCUT2D eigenvalue weighted by Crippen LogP contribution is -2.28. The smallest absolute Gasteiger partial charge is 0.0714 e. The summed E-state index contributed by atoms with van der Waals surface area (Å²) < 4.78 is 2.55. The normalized spacial score (nSPS) is 12.7. The maximum Gasteiger partial charge on any atom is 0.0714 e. The van der Waals surface area contributed by atoms with Crippen LogP contribution in [0.4, 0.5) is 17.1 Å². The van der Waals surface area contributed by atoms with E-state index in [2.05, 4.69) is 241 Å². The maximum absolute atomic E-state index is 2.53. The second-order valence-electron chi connectivity index (χ2n) is 16.0. The van der Waals surface area contributed by atoms with Gasteiger partial charge in [-0.1, -0.05) is 200 Å². The fourth-order valence-corrected chi connectivity index (χ4v) is 11.3. The molecule has 1 aliphatic rings. The van der Waals surface area contributed by atoms with Gasteiger partial charge in [0.1, 0.15) is 0 Å².